The Hall–Kier alpha value is -3.06. The number of hydrogen-bond acceptors (Lipinski definition) is 6. The smallest absolute Gasteiger partial charge is 0.223 e. The topological polar surface area (TPSA) is 85.4 Å². The van der Waals surface area contributed by atoms with E-state index in [-0.39, 0.29) is 5.91 Å². The second-order valence-electron chi connectivity index (χ2n) is 7.80. The number of benzene rings is 1. The third-order valence-corrected chi connectivity index (χ3v) is 5.84. The number of allylic oxidation sites excluding steroid dienone is 4. The van der Waals surface area contributed by atoms with E-state index in [0.717, 1.165) is 43.1 Å². The van der Waals surface area contributed by atoms with E-state index in [0.29, 0.717) is 53.0 Å². The molecule has 32 heavy (non-hydrogen) atoms. The van der Waals surface area contributed by atoms with Crippen molar-refractivity contribution in [1.29, 1.82) is 0 Å². The molecule has 168 valence electrons. The van der Waals surface area contributed by atoms with Crippen LogP contribution in [0.25, 0.3) is 10.9 Å². The molecule has 1 aliphatic carbocycles. The van der Waals surface area contributed by atoms with Crippen LogP contribution in [0.4, 0.5) is 5.82 Å². The van der Waals surface area contributed by atoms with Crippen LogP contribution in [0.15, 0.2) is 53.1 Å². The molecule has 1 aromatic carbocycles. The molecule has 2 aromatic rings. The number of ether oxygens (including phenoxy) is 2. The average molecular weight is 455 g/mol. The highest BCUT2D eigenvalue weighted by Gasteiger charge is 2.18. The van der Waals surface area contributed by atoms with Gasteiger partial charge in [0.25, 0.3) is 0 Å². The van der Waals surface area contributed by atoms with Crippen LogP contribution in [-0.2, 0) is 4.79 Å². The second kappa shape index (κ2) is 10.5. The molecule has 1 aliphatic heterocycles. The van der Waals surface area contributed by atoms with Gasteiger partial charge in [0.05, 0.1) is 29.8 Å². The third-order valence-electron chi connectivity index (χ3n) is 5.53. The molecule has 2 N–H and O–H groups in total. The van der Waals surface area contributed by atoms with Crippen molar-refractivity contribution in [2.24, 2.45) is 0 Å². The fourth-order valence-corrected chi connectivity index (χ4v) is 4.07. The van der Waals surface area contributed by atoms with Crippen molar-refractivity contribution in [3.05, 3.63) is 53.1 Å². The van der Waals surface area contributed by atoms with E-state index >= 15 is 0 Å². The predicted octanol–water partition coefficient (Wildman–Crippen LogP) is 5.19. The quantitative estimate of drug-likeness (QED) is 0.616. The third kappa shape index (κ3) is 5.22. The van der Waals surface area contributed by atoms with Crippen molar-refractivity contribution in [1.82, 2.24) is 15.3 Å². The number of carbonyl (C=O) groups is 1. The predicted molar refractivity (Wildman–Crippen MR) is 126 cm³/mol. The van der Waals surface area contributed by atoms with Gasteiger partial charge in [0, 0.05) is 18.7 Å². The van der Waals surface area contributed by atoms with E-state index in [2.05, 4.69) is 20.6 Å². The summed E-state index contributed by atoms with van der Waals surface area (Å²) in [6.07, 6.45) is 13.1. The summed E-state index contributed by atoms with van der Waals surface area (Å²) in [6.45, 7) is 0.611. The lowest BCUT2D eigenvalue weighted by molar-refractivity contribution is -0.120. The normalized spacial score (nSPS) is 19.7. The number of halogens is 1. The van der Waals surface area contributed by atoms with E-state index in [9.17, 15) is 4.79 Å². The molecule has 8 heteroatoms. The number of carbonyl (C=O) groups excluding carboxylic acids is 1. The van der Waals surface area contributed by atoms with Gasteiger partial charge < -0.3 is 20.1 Å². The first-order valence-corrected chi connectivity index (χ1v) is 11.3. The van der Waals surface area contributed by atoms with Crippen LogP contribution in [0.5, 0.6) is 11.5 Å². The van der Waals surface area contributed by atoms with Crippen LogP contribution in [0, 0.1) is 0 Å². The van der Waals surface area contributed by atoms with Crippen LogP contribution in [0.1, 0.15) is 44.9 Å². The standard InChI is InChI=1S/C24H27ClN4O3/c1-31-20-13-17-12-18-23(20)27-15-28-24(18)29-22-16(8-7-9-19(22)25)14-26-21(30)10-5-3-2-4-6-11-32-17/h7,9,12-15H,2-6,8,10-11H2,1H3,(H,26,30)(H,27,28,29)/b16-14-. The summed E-state index contributed by atoms with van der Waals surface area (Å²) in [7, 11) is 1.61. The minimum Gasteiger partial charge on any atom is -0.494 e. The zero-order chi connectivity index (χ0) is 22.3. The van der Waals surface area contributed by atoms with Crippen LogP contribution in [0.2, 0.25) is 0 Å². The van der Waals surface area contributed by atoms with Crippen molar-refractivity contribution in [2.75, 3.05) is 19.0 Å². The Balaban J connectivity index is 1.76. The van der Waals surface area contributed by atoms with E-state index in [1.165, 1.54) is 6.33 Å². The minimum absolute atomic E-state index is 0.00818. The lowest BCUT2D eigenvalue weighted by atomic mass is 10.0. The van der Waals surface area contributed by atoms with Crippen molar-refractivity contribution in [2.45, 2.75) is 44.9 Å². The summed E-state index contributed by atoms with van der Waals surface area (Å²) < 4.78 is 11.6. The summed E-state index contributed by atoms with van der Waals surface area (Å²) in [5.41, 5.74) is 2.24. The Morgan fingerprint density at radius 2 is 1.97 bits per heavy atom. The molecule has 0 saturated heterocycles. The highest BCUT2D eigenvalue weighted by Crippen LogP contribution is 2.35. The summed E-state index contributed by atoms with van der Waals surface area (Å²) in [5.74, 6) is 1.92. The molecule has 0 radical (unpaired) electrons. The number of anilines is 1. The van der Waals surface area contributed by atoms with Gasteiger partial charge in [0.1, 0.15) is 29.2 Å². The van der Waals surface area contributed by atoms with Crippen molar-refractivity contribution in [3.8, 4) is 11.5 Å². The highest BCUT2D eigenvalue weighted by atomic mass is 35.5. The van der Waals surface area contributed by atoms with E-state index in [4.69, 9.17) is 21.1 Å². The number of nitrogens with one attached hydrogen (secondary N) is 2. The molecular weight excluding hydrogens is 428 g/mol. The van der Waals surface area contributed by atoms with E-state index < -0.39 is 0 Å². The summed E-state index contributed by atoms with van der Waals surface area (Å²) in [5, 5.41) is 7.57. The molecule has 0 unspecified atom stereocenters. The molecule has 1 amide bonds. The molecule has 1 aromatic heterocycles. The molecule has 4 rings (SSSR count). The molecule has 0 spiro atoms. The summed E-state index contributed by atoms with van der Waals surface area (Å²) in [6, 6.07) is 3.77. The van der Waals surface area contributed by atoms with Gasteiger partial charge in [-0.25, -0.2) is 9.97 Å². The number of rotatable bonds is 1. The van der Waals surface area contributed by atoms with Gasteiger partial charge in [0.15, 0.2) is 0 Å². The number of methoxy groups -OCH3 is 1. The monoisotopic (exact) mass is 454 g/mol. The number of hydrogen-bond donors (Lipinski definition) is 2. The molecule has 0 fully saturated rings. The Morgan fingerprint density at radius 3 is 2.84 bits per heavy atom. The van der Waals surface area contributed by atoms with Crippen LogP contribution < -0.4 is 20.1 Å². The first kappa shape index (κ1) is 22.1. The van der Waals surface area contributed by atoms with Gasteiger partial charge in [-0.2, -0.15) is 0 Å². The molecule has 2 aliphatic rings. The number of aromatic nitrogens is 2. The molecule has 2 heterocycles. The Labute approximate surface area is 192 Å². The fourth-order valence-electron chi connectivity index (χ4n) is 3.81. The zero-order valence-electron chi connectivity index (χ0n) is 18.1. The average Bonchev–Trinajstić information content (AvgIpc) is 2.80. The molecule has 7 nitrogen and oxygen atoms in total. The van der Waals surface area contributed by atoms with Crippen LogP contribution in [-0.4, -0.2) is 29.6 Å². The van der Waals surface area contributed by atoms with Gasteiger partial charge in [-0.05, 0) is 37.0 Å². The first-order chi connectivity index (χ1) is 15.7. The largest absolute Gasteiger partial charge is 0.494 e. The number of amides is 1. The maximum atomic E-state index is 12.3. The Morgan fingerprint density at radius 1 is 1.12 bits per heavy atom. The molecule has 0 saturated carbocycles. The van der Waals surface area contributed by atoms with Crippen LogP contribution in [0.3, 0.4) is 0 Å². The Bertz CT molecular complexity index is 1090. The van der Waals surface area contributed by atoms with Crippen molar-refractivity contribution >= 4 is 34.2 Å². The zero-order valence-corrected chi connectivity index (χ0v) is 18.9. The number of nitrogens with zero attached hydrogens (tertiary/aromatic N) is 2. The van der Waals surface area contributed by atoms with Crippen molar-refractivity contribution < 1.29 is 14.3 Å². The van der Waals surface area contributed by atoms with Gasteiger partial charge in [-0.3, -0.25) is 4.79 Å². The Kier molecular flexibility index (Phi) is 7.27. The van der Waals surface area contributed by atoms with Crippen molar-refractivity contribution in [3.63, 3.8) is 0 Å². The SMILES string of the molecule is COc1cc2cc3c(ncnc13)NC1=C(Cl)C=CC/C1=C/NC(=O)CCCCCCCO2. The first-order valence-electron chi connectivity index (χ1n) is 10.9. The van der Waals surface area contributed by atoms with Gasteiger partial charge in [-0.1, -0.05) is 36.9 Å². The van der Waals surface area contributed by atoms with Crippen LogP contribution >= 0.6 is 11.6 Å². The maximum absolute atomic E-state index is 12.3. The lowest BCUT2D eigenvalue weighted by Gasteiger charge is -2.19. The van der Waals surface area contributed by atoms with E-state index in [1.807, 2.05) is 24.3 Å². The molecular formula is C24H27ClN4O3. The molecule has 2 bridgehead atoms. The summed E-state index contributed by atoms with van der Waals surface area (Å²) >= 11 is 6.53. The summed E-state index contributed by atoms with van der Waals surface area (Å²) in [4.78, 5) is 21.1. The van der Waals surface area contributed by atoms with Gasteiger partial charge >= 0.3 is 0 Å². The number of fused-ring (bicyclic) bond motifs is 2. The molecule has 0 atom stereocenters. The highest BCUT2D eigenvalue weighted by molar-refractivity contribution is 6.32. The van der Waals surface area contributed by atoms with E-state index in [1.54, 1.807) is 13.3 Å². The second-order valence-corrected chi connectivity index (χ2v) is 8.21. The lowest BCUT2D eigenvalue weighted by Crippen LogP contribution is -2.19. The minimum atomic E-state index is 0.00818. The van der Waals surface area contributed by atoms with Gasteiger partial charge in [0.2, 0.25) is 5.91 Å². The maximum Gasteiger partial charge on any atom is 0.223 e. The fraction of sp³-hybridized carbons (Fsp3) is 0.375. The van der Waals surface area contributed by atoms with Gasteiger partial charge in [-0.15, -0.1) is 0 Å².